The summed E-state index contributed by atoms with van der Waals surface area (Å²) in [5.74, 6) is 0.479. The van der Waals surface area contributed by atoms with Gasteiger partial charge in [0.1, 0.15) is 5.01 Å². The number of para-hydroxylation sites is 1. The lowest BCUT2D eigenvalue weighted by molar-refractivity contribution is -0.384. The van der Waals surface area contributed by atoms with Gasteiger partial charge in [-0.25, -0.2) is 9.78 Å². The van der Waals surface area contributed by atoms with Crippen molar-refractivity contribution in [1.29, 1.82) is 0 Å². The third-order valence-corrected chi connectivity index (χ3v) is 4.91. The van der Waals surface area contributed by atoms with Gasteiger partial charge in [-0.05, 0) is 12.1 Å². The topological polar surface area (TPSA) is 95.5 Å². The molecule has 8 heteroatoms. The first-order chi connectivity index (χ1) is 13.1. The van der Waals surface area contributed by atoms with Crippen molar-refractivity contribution in [2.24, 2.45) is 0 Å². The Kier molecular flexibility index (Phi) is 4.17. The van der Waals surface area contributed by atoms with E-state index in [0.29, 0.717) is 33.2 Å². The van der Waals surface area contributed by atoms with Crippen LogP contribution in [0.4, 0.5) is 5.69 Å². The molecule has 4 aromatic rings. The molecule has 0 fully saturated rings. The smallest absolute Gasteiger partial charge is 0.346 e. The Bertz CT molecular complexity index is 1230. The van der Waals surface area contributed by atoms with Gasteiger partial charge in [-0.2, -0.15) is 0 Å². The lowest BCUT2D eigenvalue weighted by Crippen LogP contribution is -2.03. The first kappa shape index (κ1) is 16.9. The summed E-state index contributed by atoms with van der Waals surface area (Å²) in [7, 11) is 1.51. The first-order valence-electron chi connectivity index (χ1n) is 7.88. The molecule has 0 radical (unpaired) electrons. The SMILES string of the molecule is COc1cccc2cc(-c3nc(-c4cccc([N+](=O)[O-])c4)cs3)c(=O)oc12. The van der Waals surface area contributed by atoms with Crippen molar-refractivity contribution in [3.8, 4) is 27.6 Å². The van der Waals surface area contributed by atoms with Gasteiger partial charge in [0.25, 0.3) is 5.69 Å². The van der Waals surface area contributed by atoms with Crippen LogP contribution in [0.1, 0.15) is 0 Å². The van der Waals surface area contributed by atoms with Gasteiger partial charge in [-0.3, -0.25) is 10.1 Å². The lowest BCUT2D eigenvalue weighted by atomic mass is 10.1. The monoisotopic (exact) mass is 380 g/mol. The molecule has 0 unspecified atom stereocenters. The molecular formula is C19H12N2O5S. The van der Waals surface area contributed by atoms with E-state index in [1.807, 2.05) is 6.07 Å². The van der Waals surface area contributed by atoms with Crippen LogP contribution in [0.15, 0.2) is 63.1 Å². The highest BCUT2D eigenvalue weighted by atomic mass is 32.1. The molecule has 0 N–H and O–H groups in total. The molecule has 0 bridgehead atoms. The summed E-state index contributed by atoms with van der Waals surface area (Å²) in [6.07, 6.45) is 0. The number of aromatic nitrogens is 1. The fourth-order valence-corrected chi connectivity index (χ4v) is 3.57. The van der Waals surface area contributed by atoms with Gasteiger partial charge in [0.15, 0.2) is 11.3 Å². The Morgan fingerprint density at radius 2 is 2.00 bits per heavy atom. The summed E-state index contributed by atoms with van der Waals surface area (Å²) >= 11 is 1.27. The molecule has 0 atom stereocenters. The van der Waals surface area contributed by atoms with E-state index in [9.17, 15) is 14.9 Å². The Morgan fingerprint density at radius 3 is 2.78 bits per heavy atom. The van der Waals surface area contributed by atoms with E-state index in [0.717, 1.165) is 5.39 Å². The number of ether oxygens (including phenoxy) is 1. The number of hydrogen-bond acceptors (Lipinski definition) is 7. The highest BCUT2D eigenvalue weighted by Gasteiger charge is 2.15. The van der Waals surface area contributed by atoms with Crippen LogP contribution in [0.3, 0.4) is 0 Å². The number of nitro groups is 1. The van der Waals surface area contributed by atoms with Crippen molar-refractivity contribution < 1.29 is 14.1 Å². The molecule has 0 amide bonds. The Morgan fingerprint density at radius 1 is 1.19 bits per heavy atom. The number of non-ortho nitro benzene ring substituents is 1. The van der Waals surface area contributed by atoms with E-state index >= 15 is 0 Å². The second-order valence-electron chi connectivity index (χ2n) is 5.67. The number of hydrogen-bond donors (Lipinski definition) is 0. The molecule has 0 saturated carbocycles. The van der Waals surface area contributed by atoms with Crippen molar-refractivity contribution in [2.45, 2.75) is 0 Å². The zero-order valence-electron chi connectivity index (χ0n) is 14.0. The second kappa shape index (κ2) is 6.65. The second-order valence-corrected chi connectivity index (χ2v) is 6.53. The van der Waals surface area contributed by atoms with Crippen LogP contribution >= 0.6 is 11.3 Å². The molecule has 0 saturated heterocycles. The quantitative estimate of drug-likeness (QED) is 0.294. The van der Waals surface area contributed by atoms with Gasteiger partial charge in [-0.1, -0.05) is 24.3 Å². The maximum absolute atomic E-state index is 12.4. The summed E-state index contributed by atoms with van der Waals surface area (Å²) in [6, 6.07) is 13.3. The largest absolute Gasteiger partial charge is 0.493 e. The van der Waals surface area contributed by atoms with E-state index in [2.05, 4.69) is 4.98 Å². The number of nitro benzene ring substituents is 1. The van der Waals surface area contributed by atoms with Gasteiger partial charge in [-0.15, -0.1) is 11.3 Å². The number of rotatable bonds is 4. The predicted octanol–water partition coefficient (Wildman–Crippen LogP) is 4.50. The van der Waals surface area contributed by atoms with E-state index in [4.69, 9.17) is 9.15 Å². The van der Waals surface area contributed by atoms with Crippen molar-refractivity contribution >= 4 is 28.0 Å². The zero-order chi connectivity index (χ0) is 19.0. The molecule has 2 heterocycles. The van der Waals surface area contributed by atoms with Crippen LogP contribution in [0.2, 0.25) is 0 Å². The van der Waals surface area contributed by atoms with Gasteiger partial charge in [0, 0.05) is 28.5 Å². The first-order valence-corrected chi connectivity index (χ1v) is 8.76. The number of benzene rings is 2. The molecule has 0 aliphatic carbocycles. The van der Waals surface area contributed by atoms with Crippen LogP contribution in [0.25, 0.3) is 32.8 Å². The number of nitrogens with zero attached hydrogens (tertiary/aromatic N) is 2. The van der Waals surface area contributed by atoms with Crippen molar-refractivity contribution in [3.63, 3.8) is 0 Å². The average Bonchev–Trinajstić information content (AvgIpc) is 3.17. The molecule has 27 heavy (non-hydrogen) atoms. The summed E-state index contributed by atoms with van der Waals surface area (Å²) in [5.41, 5.74) is 1.34. The van der Waals surface area contributed by atoms with Crippen LogP contribution < -0.4 is 10.4 Å². The van der Waals surface area contributed by atoms with Crippen LogP contribution in [0, 0.1) is 10.1 Å². The minimum Gasteiger partial charge on any atom is -0.493 e. The minimum atomic E-state index is -0.521. The summed E-state index contributed by atoms with van der Waals surface area (Å²) in [5, 5.41) is 13.9. The summed E-state index contributed by atoms with van der Waals surface area (Å²) in [4.78, 5) is 27.4. The average molecular weight is 380 g/mol. The van der Waals surface area contributed by atoms with Gasteiger partial charge in [0.2, 0.25) is 0 Å². The third-order valence-electron chi connectivity index (χ3n) is 4.03. The van der Waals surface area contributed by atoms with E-state index in [-0.39, 0.29) is 5.69 Å². The molecule has 7 nitrogen and oxygen atoms in total. The molecule has 0 spiro atoms. The lowest BCUT2D eigenvalue weighted by Gasteiger charge is -2.04. The molecule has 4 rings (SSSR count). The summed E-state index contributed by atoms with van der Waals surface area (Å²) in [6.45, 7) is 0. The molecule has 2 aromatic carbocycles. The third kappa shape index (κ3) is 3.06. The maximum atomic E-state index is 12.4. The molecular weight excluding hydrogens is 368 g/mol. The van der Waals surface area contributed by atoms with Crippen molar-refractivity contribution in [2.75, 3.05) is 7.11 Å². The predicted molar refractivity (Wildman–Crippen MR) is 102 cm³/mol. The van der Waals surface area contributed by atoms with E-state index < -0.39 is 10.5 Å². The fraction of sp³-hybridized carbons (Fsp3) is 0.0526. The normalized spacial score (nSPS) is 10.9. The van der Waals surface area contributed by atoms with Crippen molar-refractivity contribution in [3.05, 3.63) is 74.4 Å². The Labute approximate surface area is 156 Å². The molecule has 134 valence electrons. The molecule has 0 aliphatic rings. The minimum absolute atomic E-state index is 0.0145. The fourth-order valence-electron chi connectivity index (χ4n) is 2.74. The highest BCUT2D eigenvalue weighted by molar-refractivity contribution is 7.13. The van der Waals surface area contributed by atoms with Crippen LogP contribution in [0.5, 0.6) is 5.75 Å². The number of thiazole rings is 1. The van der Waals surface area contributed by atoms with E-state index in [1.165, 1.54) is 30.6 Å². The Balaban J connectivity index is 1.80. The number of fused-ring (bicyclic) bond motifs is 1. The summed E-state index contributed by atoms with van der Waals surface area (Å²) < 4.78 is 10.7. The standard InChI is InChI=1S/C19H12N2O5S/c1-25-16-7-3-5-12-9-14(19(22)26-17(12)16)18-20-15(10-27-18)11-4-2-6-13(8-11)21(23)24/h2-10H,1H3. The van der Waals surface area contributed by atoms with E-state index in [1.54, 1.807) is 35.7 Å². The maximum Gasteiger partial charge on any atom is 0.346 e. The zero-order valence-corrected chi connectivity index (χ0v) is 14.9. The van der Waals surface area contributed by atoms with Gasteiger partial charge < -0.3 is 9.15 Å². The highest BCUT2D eigenvalue weighted by Crippen LogP contribution is 2.31. The molecule has 2 aromatic heterocycles. The van der Waals surface area contributed by atoms with Crippen LogP contribution in [-0.4, -0.2) is 17.0 Å². The molecule has 0 aliphatic heterocycles. The van der Waals surface area contributed by atoms with Gasteiger partial charge in [0.05, 0.1) is 23.3 Å². The van der Waals surface area contributed by atoms with Crippen LogP contribution in [-0.2, 0) is 0 Å². The van der Waals surface area contributed by atoms with Crippen molar-refractivity contribution in [1.82, 2.24) is 4.98 Å². The number of methoxy groups -OCH3 is 1. The van der Waals surface area contributed by atoms with Gasteiger partial charge >= 0.3 is 5.63 Å². The Hall–Kier alpha value is -3.52.